The van der Waals surface area contributed by atoms with Crippen LogP contribution in [0.25, 0.3) is 0 Å². The third-order valence-electron chi connectivity index (χ3n) is 3.26. The van der Waals surface area contributed by atoms with Crippen molar-refractivity contribution >= 4 is 11.6 Å². The normalized spacial score (nSPS) is 17.9. The van der Waals surface area contributed by atoms with Crippen molar-refractivity contribution < 1.29 is 9.47 Å². The lowest BCUT2D eigenvalue weighted by atomic mass is 9.79. The predicted molar refractivity (Wildman–Crippen MR) is 65.6 cm³/mol. The predicted octanol–water partition coefficient (Wildman–Crippen LogP) is 2.76. The molecule has 1 saturated heterocycles. The summed E-state index contributed by atoms with van der Waals surface area (Å²) < 4.78 is 10.7. The van der Waals surface area contributed by atoms with Gasteiger partial charge in [-0.2, -0.15) is 0 Å². The van der Waals surface area contributed by atoms with E-state index < -0.39 is 0 Å². The minimum Gasteiger partial charge on any atom is -0.496 e. The highest BCUT2D eigenvalue weighted by Gasteiger charge is 2.41. The van der Waals surface area contributed by atoms with Crippen molar-refractivity contribution in [3.63, 3.8) is 0 Å². The molecule has 1 aliphatic rings. The van der Waals surface area contributed by atoms with Crippen LogP contribution >= 0.6 is 11.6 Å². The van der Waals surface area contributed by atoms with Crippen LogP contribution in [0, 0.1) is 0 Å². The Morgan fingerprint density at radius 1 is 1.44 bits per heavy atom. The second-order valence-corrected chi connectivity index (χ2v) is 4.56. The van der Waals surface area contributed by atoms with Crippen LogP contribution in [0.15, 0.2) is 18.2 Å². The quantitative estimate of drug-likeness (QED) is 0.754. The van der Waals surface area contributed by atoms with E-state index in [1.54, 1.807) is 7.11 Å². The molecule has 0 aromatic heterocycles. The highest BCUT2D eigenvalue weighted by Crippen LogP contribution is 2.39. The van der Waals surface area contributed by atoms with Gasteiger partial charge in [0.25, 0.3) is 0 Å². The summed E-state index contributed by atoms with van der Waals surface area (Å²) in [4.78, 5) is 0. The lowest BCUT2D eigenvalue weighted by molar-refractivity contribution is -0.0489. The standard InChI is InChI=1S/C13H17ClO2/c1-3-10-4-5-12(15-2)11(6-10)13(7-14)8-16-9-13/h4-6H,3,7-9H2,1-2H3. The van der Waals surface area contributed by atoms with Crippen LogP contribution in [0.3, 0.4) is 0 Å². The summed E-state index contributed by atoms with van der Waals surface area (Å²) in [6.07, 6.45) is 1.02. The third-order valence-corrected chi connectivity index (χ3v) is 3.77. The highest BCUT2D eigenvalue weighted by molar-refractivity contribution is 6.18. The molecule has 1 aliphatic heterocycles. The molecule has 1 heterocycles. The first-order valence-electron chi connectivity index (χ1n) is 5.57. The van der Waals surface area contributed by atoms with Gasteiger partial charge in [0.05, 0.1) is 25.7 Å². The van der Waals surface area contributed by atoms with Crippen molar-refractivity contribution in [1.29, 1.82) is 0 Å². The Morgan fingerprint density at radius 2 is 2.19 bits per heavy atom. The van der Waals surface area contributed by atoms with E-state index in [1.165, 1.54) is 11.1 Å². The maximum absolute atomic E-state index is 6.08. The maximum atomic E-state index is 6.08. The molecule has 16 heavy (non-hydrogen) atoms. The van der Waals surface area contributed by atoms with Gasteiger partial charge in [-0.3, -0.25) is 0 Å². The molecule has 0 spiro atoms. The summed E-state index contributed by atoms with van der Waals surface area (Å²) >= 11 is 6.08. The molecule has 2 nitrogen and oxygen atoms in total. The number of alkyl halides is 1. The van der Waals surface area contributed by atoms with E-state index in [-0.39, 0.29) is 5.41 Å². The van der Waals surface area contributed by atoms with Crippen LogP contribution in [0.2, 0.25) is 0 Å². The van der Waals surface area contributed by atoms with Gasteiger partial charge in [0, 0.05) is 11.4 Å². The number of methoxy groups -OCH3 is 1. The second-order valence-electron chi connectivity index (χ2n) is 4.29. The summed E-state index contributed by atoms with van der Waals surface area (Å²) in [5, 5.41) is 0. The van der Waals surface area contributed by atoms with Gasteiger partial charge < -0.3 is 9.47 Å². The summed E-state index contributed by atoms with van der Waals surface area (Å²) in [6, 6.07) is 6.33. The van der Waals surface area contributed by atoms with Crippen molar-refractivity contribution in [1.82, 2.24) is 0 Å². The average Bonchev–Trinajstić information content (AvgIpc) is 2.28. The van der Waals surface area contributed by atoms with Gasteiger partial charge >= 0.3 is 0 Å². The third kappa shape index (κ3) is 1.80. The largest absolute Gasteiger partial charge is 0.496 e. The Kier molecular flexibility index (Phi) is 3.41. The number of hydrogen-bond acceptors (Lipinski definition) is 2. The Morgan fingerprint density at radius 3 is 2.62 bits per heavy atom. The lowest BCUT2D eigenvalue weighted by Crippen LogP contribution is -2.48. The van der Waals surface area contributed by atoms with Gasteiger partial charge in [-0.05, 0) is 18.1 Å². The zero-order valence-electron chi connectivity index (χ0n) is 9.75. The SMILES string of the molecule is CCc1ccc(OC)c(C2(CCl)COC2)c1. The van der Waals surface area contributed by atoms with Gasteiger partial charge in [-0.15, -0.1) is 11.6 Å². The van der Waals surface area contributed by atoms with Crippen molar-refractivity contribution in [2.75, 3.05) is 26.2 Å². The molecule has 1 aromatic rings. The smallest absolute Gasteiger partial charge is 0.122 e. The van der Waals surface area contributed by atoms with Crippen LogP contribution < -0.4 is 4.74 Å². The van der Waals surface area contributed by atoms with Crippen LogP contribution in [-0.4, -0.2) is 26.2 Å². The molecule has 0 atom stereocenters. The van der Waals surface area contributed by atoms with Crippen LogP contribution in [0.4, 0.5) is 0 Å². The summed E-state index contributed by atoms with van der Waals surface area (Å²) in [5.74, 6) is 1.50. The monoisotopic (exact) mass is 240 g/mol. The van der Waals surface area contributed by atoms with Gasteiger partial charge in [-0.25, -0.2) is 0 Å². The van der Waals surface area contributed by atoms with Gasteiger partial charge in [0.15, 0.2) is 0 Å². The van der Waals surface area contributed by atoms with Gasteiger partial charge in [0.1, 0.15) is 5.75 Å². The number of rotatable bonds is 4. The molecule has 0 N–H and O–H groups in total. The molecular weight excluding hydrogens is 224 g/mol. The van der Waals surface area contributed by atoms with E-state index in [9.17, 15) is 0 Å². The van der Waals surface area contributed by atoms with Crippen LogP contribution in [-0.2, 0) is 16.6 Å². The highest BCUT2D eigenvalue weighted by atomic mass is 35.5. The first-order chi connectivity index (χ1) is 7.75. The molecule has 2 rings (SSSR count). The lowest BCUT2D eigenvalue weighted by Gasteiger charge is -2.41. The summed E-state index contributed by atoms with van der Waals surface area (Å²) in [5.41, 5.74) is 2.46. The zero-order valence-corrected chi connectivity index (χ0v) is 10.5. The van der Waals surface area contributed by atoms with E-state index >= 15 is 0 Å². The van der Waals surface area contributed by atoms with Crippen molar-refractivity contribution in [3.05, 3.63) is 29.3 Å². The number of ether oxygens (including phenoxy) is 2. The Labute approximate surface area is 102 Å². The van der Waals surface area contributed by atoms with Crippen LogP contribution in [0.1, 0.15) is 18.1 Å². The van der Waals surface area contributed by atoms with Crippen molar-refractivity contribution in [2.24, 2.45) is 0 Å². The Bertz CT molecular complexity index is 367. The molecule has 3 heteroatoms. The van der Waals surface area contributed by atoms with Crippen molar-refractivity contribution in [3.8, 4) is 5.75 Å². The van der Waals surface area contributed by atoms with Crippen molar-refractivity contribution in [2.45, 2.75) is 18.8 Å². The number of aryl methyl sites for hydroxylation is 1. The molecule has 0 unspecified atom stereocenters. The molecule has 0 amide bonds. The van der Waals surface area contributed by atoms with E-state index in [2.05, 4.69) is 19.1 Å². The fraction of sp³-hybridized carbons (Fsp3) is 0.538. The van der Waals surface area contributed by atoms with E-state index in [0.717, 1.165) is 12.2 Å². The molecule has 88 valence electrons. The molecule has 0 bridgehead atoms. The number of halogens is 1. The summed E-state index contributed by atoms with van der Waals surface area (Å²) in [7, 11) is 1.70. The number of hydrogen-bond donors (Lipinski definition) is 0. The molecule has 1 fully saturated rings. The number of benzene rings is 1. The second kappa shape index (κ2) is 4.64. The van der Waals surface area contributed by atoms with Crippen LogP contribution in [0.5, 0.6) is 5.75 Å². The Balaban J connectivity index is 2.43. The fourth-order valence-corrected chi connectivity index (χ4v) is 2.34. The molecule has 0 aliphatic carbocycles. The van der Waals surface area contributed by atoms with E-state index in [1.807, 2.05) is 6.07 Å². The van der Waals surface area contributed by atoms with Gasteiger partial charge in [-0.1, -0.05) is 19.1 Å². The van der Waals surface area contributed by atoms with E-state index in [0.29, 0.717) is 19.1 Å². The average molecular weight is 241 g/mol. The molecular formula is C13H17ClO2. The minimum absolute atomic E-state index is 0.0436. The minimum atomic E-state index is -0.0436. The first-order valence-corrected chi connectivity index (χ1v) is 6.10. The Hall–Kier alpha value is -0.730. The fourth-order valence-electron chi connectivity index (χ4n) is 2.04. The first kappa shape index (κ1) is 11.7. The maximum Gasteiger partial charge on any atom is 0.122 e. The molecule has 1 aromatic carbocycles. The van der Waals surface area contributed by atoms with Gasteiger partial charge in [0.2, 0.25) is 0 Å². The van der Waals surface area contributed by atoms with E-state index in [4.69, 9.17) is 21.1 Å². The molecule has 0 radical (unpaired) electrons. The summed E-state index contributed by atoms with van der Waals surface area (Å²) in [6.45, 7) is 3.54. The topological polar surface area (TPSA) is 18.5 Å². The zero-order chi connectivity index (χ0) is 11.6. The molecule has 0 saturated carbocycles.